The molecular weight excluding hydrogens is 473 g/mol. The summed E-state index contributed by atoms with van der Waals surface area (Å²) in [5.74, 6) is -0.466. The van der Waals surface area contributed by atoms with Gasteiger partial charge in [0.05, 0.1) is 34.8 Å². The molecule has 8 nitrogen and oxygen atoms in total. The van der Waals surface area contributed by atoms with E-state index in [4.69, 9.17) is 11.6 Å². The molecule has 0 saturated carbocycles. The molecule has 1 aromatic heterocycles. The fourth-order valence-electron chi connectivity index (χ4n) is 5.03. The maximum atomic E-state index is 14.8. The number of aromatic nitrogens is 2. The van der Waals surface area contributed by atoms with E-state index in [0.29, 0.717) is 48.8 Å². The minimum Gasteiger partial charge on any atom is -0.388 e. The number of aromatic amines is 1. The SMILES string of the molecule is C[C@H]1c2ccc(Cl)cc2CCN1C(=O)CNc1cc2nc(CC3(O)CCNC3)[nH]c(=O)c2cc1F. The molecule has 1 amide bonds. The summed E-state index contributed by atoms with van der Waals surface area (Å²) in [6.45, 7) is 3.52. The molecule has 1 saturated heterocycles. The van der Waals surface area contributed by atoms with Crippen LogP contribution in [0.3, 0.4) is 0 Å². The number of aliphatic hydroxyl groups is 1. The number of nitrogens with zero attached hydrogens (tertiary/aromatic N) is 2. The maximum Gasteiger partial charge on any atom is 0.258 e. The summed E-state index contributed by atoms with van der Waals surface area (Å²) in [7, 11) is 0. The molecule has 0 spiro atoms. The Morgan fingerprint density at radius 1 is 1.37 bits per heavy atom. The number of hydrogen-bond acceptors (Lipinski definition) is 6. The Hall–Kier alpha value is -3.01. The fourth-order valence-corrected chi connectivity index (χ4v) is 5.23. The Bertz CT molecular complexity index is 1350. The Balaban J connectivity index is 1.33. The highest BCUT2D eigenvalue weighted by Crippen LogP contribution is 2.31. The Morgan fingerprint density at radius 2 is 2.20 bits per heavy atom. The summed E-state index contributed by atoms with van der Waals surface area (Å²) in [6.07, 6.45) is 1.44. The van der Waals surface area contributed by atoms with Crippen LogP contribution in [0.1, 0.15) is 36.3 Å². The Labute approximate surface area is 206 Å². The number of amides is 1. The van der Waals surface area contributed by atoms with Gasteiger partial charge in [-0.2, -0.15) is 0 Å². The average Bonchev–Trinajstić information content (AvgIpc) is 3.24. The first-order chi connectivity index (χ1) is 16.7. The third-order valence-electron chi connectivity index (χ3n) is 6.96. The third-order valence-corrected chi connectivity index (χ3v) is 7.19. The van der Waals surface area contributed by atoms with Crippen molar-refractivity contribution in [2.24, 2.45) is 0 Å². The van der Waals surface area contributed by atoms with Crippen molar-refractivity contribution in [3.8, 4) is 0 Å². The van der Waals surface area contributed by atoms with Gasteiger partial charge in [0.2, 0.25) is 5.91 Å². The summed E-state index contributed by atoms with van der Waals surface area (Å²) in [6, 6.07) is 8.13. The highest BCUT2D eigenvalue weighted by Gasteiger charge is 2.32. The largest absolute Gasteiger partial charge is 0.388 e. The highest BCUT2D eigenvalue weighted by atomic mass is 35.5. The standard InChI is InChI=1S/C25H27ClFN5O3/c1-14-17-3-2-16(26)8-15(17)4-7-32(14)23(33)12-29-21-10-20-18(9-19(21)27)24(34)31-22(30-20)11-25(35)5-6-28-13-25/h2-3,8-10,14,28-29,35H,4-7,11-13H2,1H3,(H,30,31,34)/t14-,25?/m0/s1. The van der Waals surface area contributed by atoms with Crippen LogP contribution in [-0.4, -0.2) is 57.7 Å². The van der Waals surface area contributed by atoms with E-state index in [1.165, 1.54) is 6.07 Å². The summed E-state index contributed by atoms with van der Waals surface area (Å²) in [5.41, 5.74) is 1.13. The number of carbonyl (C=O) groups is 1. The first kappa shape index (κ1) is 23.7. The predicted molar refractivity (Wildman–Crippen MR) is 132 cm³/mol. The number of hydrogen-bond donors (Lipinski definition) is 4. The average molecular weight is 500 g/mol. The van der Waals surface area contributed by atoms with Gasteiger partial charge in [0, 0.05) is 24.5 Å². The zero-order valence-corrected chi connectivity index (χ0v) is 20.1. The van der Waals surface area contributed by atoms with E-state index in [0.717, 1.165) is 17.2 Å². The lowest BCUT2D eigenvalue weighted by Crippen LogP contribution is -2.41. The number of fused-ring (bicyclic) bond motifs is 2. The molecular formula is C25H27ClFN5O3. The number of halogens is 2. The molecule has 10 heteroatoms. The molecule has 2 aliphatic heterocycles. The first-order valence-electron chi connectivity index (χ1n) is 11.7. The Kier molecular flexibility index (Phi) is 6.25. The van der Waals surface area contributed by atoms with Crippen molar-refractivity contribution < 1.29 is 14.3 Å². The molecule has 4 N–H and O–H groups in total. The van der Waals surface area contributed by atoms with Crippen LogP contribution in [0.2, 0.25) is 5.02 Å². The molecule has 2 atom stereocenters. The van der Waals surface area contributed by atoms with Crippen molar-refractivity contribution in [1.82, 2.24) is 20.2 Å². The van der Waals surface area contributed by atoms with Crippen LogP contribution in [0.25, 0.3) is 10.9 Å². The normalized spacial score (nSPS) is 21.8. The molecule has 35 heavy (non-hydrogen) atoms. The molecule has 2 aliphatic rings. The fraction of sp³-hybridized carbons (Fsp3) is 0.400. The van der Waals surface area contributed by atoms with Gasteiger partial charge >= 0.3 is 0 Å². The van der Waals surface area contributed by atoms with Crippen molar-refractivity contribution in [3.05, 3.63) is 68.5 Å². The zero-order valence-electron chi connectivity index (χ0n) is 19.3. The van der Waals surface area contributed by atoms with Gasteiger partial charge in [0.15, 0.2) is 0 Å². The second-order valence-corrected chi connectivity index (χ2v) is 9.84. The second-order valence-electron chi connectivity index (χ2n) is 9.40. The van der Waals surface area contributed by atoms with Crippen molar-refractivity contribution in [3.63, 3.8) is 0 Å². The molecule has 0 aliphatic carbocycles. The van der Waals surface area contributed by atoms with Gasteiger partial charge in [-0.05, 0) is 61.7 Å². The molecule has 1 fully saturated rings. The molecule has 0 radical (unpaired) electrons. The summed E-state index contributed by atoms with van der Waals surface area (Å²) < 4.78 is 14.8. The van der Waals surface area contributed by atoms with Crippen LogP contribution < -0.4 is 16.2 Å². The lowest BCUT2D eigenvalue weighted by atomic mass is 9.93. The number of H-pyrrole nitrogens is 1. The smallest absolute Gasteiger partial charge is 0.258 e. The first-order valence-corrected chi connectivity index (χ1v) is 12.1. The summed E-state index contributed by atoms with van der Waals surface area (Å²) in [4.78, 5) is 34.4. The maximum absolute atomic E-state index is 14.8. The molecule has 0 bridgehead atoms. The van der Waals surface area contributed by atoms with Crippen molar-refractivity contribution in [1.29, 1.82) is 0 Å². The van der Waals surface area contributed by atoms with Crippen LogP contribution >= 0.6 is 11.6 Å². The lowest BCUT2D eigenvalue weighted by molar-refractivity contribution is -0.131. The molecule has 3 heterocycles. The van der Waals surface area contributed by atoms with E-state index in [1.54, 1.807) is 4.90 Å². The highest BCUT2D eigenvalue weighted by molar-refractivity contribution is 6.30. The van der Waals surface area contributed by atoms with Crippen LogP contribution in [0.5, 0.6) is 0 Å². The Morgan fingerprint density at radius 3 is 2.97 bits per heavy atom. The molecule has 184 valence electrons. The monoisotopic (exact) mass is 499 g/mol. The lowest BCUT2D eigenvalue weighted by Gasteiger charge is -2.35. The van der Waals surface area contributed by atoms with E-state index < -0.39 is 17.0 Å². The van der Waals surface area contributed by atoms with Gasteiger partial charge in [-0.3, -0.25) is 9.59 Å². The van der Waals surface area contributed by atoms with Crippen LogP contribution in [0.15, 0.2) is 35.1 Å². The molecule has 2 aromatic carbocycles. The van der Waals surface area contributed by atoms with Gasteiger partial charge < -0.3 is 25.6 Å². The van der Waals surface area contributed by atoms with E-state index in [1.807, 2.05) is 25.1 Å². The molecule has 1 unspecified atom stereocenters. The van der Waals surface area contributed by atoms with Crippen molar-refractivity contribution in [2.75, 3.05) is 31.5 Å². The molecule has 3 aromatic rings. The van der Waals surface area contributed by atoms with Crippen LogP contribution in [0.4, 0.5) is 10.1 Å². The van der Waals surface area contributed by atoms with Gasteiger partial charge in [0.25, 0.3) is 5.56 Å². The van der Waals surface area contributed by atoms with Gasteiger partial charge in [0.1, 0.15) is 11.6 Å². The zero-order chi connectivity index (χ0) is 24.7. The van der Waals surface area contributed by atoms with Gasteiger partial charge in [-0.25, -0.2) is 9.37 Å². The van der Waals surface area contributed by atoms with E-state index in [9.17, 15) is 19.1 Å². The van der Waals surface area contributed by atoms with E-state index in [-0.39, 0.29) is 36.0 Å². The molecule has 5 rings (SSSR count). The number of nitrogens with one attached hydrogen (secondary N) is 3. The van der Waals surface area contributed by atoms with E-state index >= 15 is 0 Å². The van der Waals surface area contributed by atoms with Gasteiger partial charge in [-0.1, -0.05) is 17.7 Å². The quantitative estimate of drug-likeness (QED) is 0.429. The van der Waals surface area contributed by atoms with E-state index in [2.05, 4.69) is 20.6 Å². The van der Waals surface area contributed by atoms with Crippen molar-refractivity contribution in [2.45, 2.75) is 37.8 Å². The summed E-state index contributed by atoms with van der Waals surface area (Å²) in [5, 5.41) is 17.4. The predicted octanol–water partition coefficient (Wildman–Crippen LogP) is 2.54. The van der Waals surface area contributed by atoms with Crippen LogP contribution in [-0.2, 0) is 17.6 Å². The summed E-state index contributed by atoms with van der Waals surface area (Å²) >= 11 is 6.10. The third kappa shape index (κ3) is 4.76. The number of anilines is 1. The number of benzene rings is 2. The van der Waals surface area contributed by atoms with Crippen molar-refractivity contribution >= 4 is 34.1 Å². The number of β-amino-alcohol motifs (C(OH)–C–C–N with tert-alkyl or cyclic N) is 1. The minimum atomic E-state index is -0.980. The minimum absolute atomic E-state index is 0.0907. The van der Waals surface area contributed by atoms with Gasteiger partial charge in [-0.15, -0.1) is 0 Å². The second kappa shape index (κ2) is 9.22. The topological polar surface area (TPSA) is 110 Å². The number of rotatable bonds is 5. The van der Waals surface area contributed by atoms with Crippen LogP contribution in [0, 0.1) is 5.82 Å². The number of carbonyl (C=O) groups excluding carboxylic acids is 1.